The van der Waals surface area contributed by atoms with E-state index in [4.69, 9.17) is 22.6 Å². The van der Waals surface area contributed by atoms with Crippen molar-refractivity contribution in [1.82, 2.24) is 5.32 Å². The first-order chi connectivity index (χ1) is 8.56. The molecule has 0 aromatic heterocycles. The molecular formula is C12H14ClN5. The quantitative estimate of drug-likeness (QED) is 0.559. The third kappa shape index (κ3) is 4.09. The van der Waals surface area contributed by atoms with Crippen molar-refractivity contribution in [1.29, 1.82) is 5.26 Å². The van der Waals surface area contributed by atoms with Gasteiger partial charge < -0.3 is 10.6 Å². The van der Waals surface area contributed by atoms with Crippen LogP contribution in [0.25, 0.3) is 0 Å². The molecule has 0 saturated carbocycles. The van der Waals surface area contributed by atoms with Gasteiger partial charge in [0.15, 0.2) is 6.29 Å². The summed E-state index contributed by atoms with van der Waals surface area (Å²) < 4.78 is 0. The van der Waals surface area contributed by atoms with Crippen molar-refractivity contribution in [3.8, 4) is 6.07 Å². The number of anilines is 1. The van der Waals surface area contributed by atoms with E-state index >= 15 is 0 Å². The highest BCUT2D eigenvalue weighted by molar-refractivity contribution is 6.56. The summed E-state index contributed by atoms with van der Waals surface area (Å²) in [6.45, 7) is 5.67. The number of benzene rings is 1. The summed E-state index contributed by atoms with van der Waals surface area (Å²) in [6, 6.07) is 7.39. The summed E-state index contributed by atoms with van der Waals surface area (Å²) in [6.07, 6.45) is -0.652. The summed E-state index contributed by atoms with van der Waals surface area (Å²) in [5.41, 5.74) is 9.07. The summed E-state index contributed by atoms with van der Waals surface area (Å²) in [5, 5.41) is 14.6. The Morgan fingerprint density at radius 1 is 1.67 bits per heavy atom. The molecule has 1 aromatic carbocycles. The second-order valence-corrected chi connectivity index (χ2v) is 3.78. The van der Waals surface area contributed by atoms with E-state index in [1.807, 2.05) is 6.92 Å². The number of nitrogens with zero attached hydrogens (tertiary/aromatic N) is 2. The molecule has 0 saturated heterocycles. The second-order valence-electron chi connectivity index (χ2n) is 3.58. The van der Waals surface area contributed by atoms with E-state index in [1.54, 1.807) is 18.2 Å². The lowest BCUT2D eigenvalue weighted by atomic mass is 10.1. The first kappa shape index (κ1) is 14.0. The summed E-state index contributed by atoms with van der Waals surface area (Å²) in [4.78, 5) is 3.72. The molecule has 1 aromatic rings. The molecule has 0 aliphatic carbocycles. The zero-order chi connectivity index (χ0) is 13.5. The van der Waals surface area contributed by atoms with Gasteiger partial charge in [-0.3, -0.25) is 5.73 Å². The normalized spacial score (nSPS) is 11.9. The highest BCUT2D eigenvalue weighted by Gasteiger charge is 2.03. The van der Waals surface area contributed by atoms with Crippen LogP contribution in [0, 0.1) is 18.3 Å². The number of aliphatic imine (C=N–C) groups is 1. The zero-order valence-electron chi connectivity index (χ0n) is 9.94. The van der Waals surface area contributed by atoms with Crippen molar-refractivity contribution in [3.63, 3.8) is 0 Å². The molecule has 0 spiro atoms. The molecule has 0 fully saturated rings. The van der Waals surface area contributed by atoms with Crippen molar-refractivity contribution in [2.24, 2.45) is 10.7 Å². The van der Waals surface area contributed by atoms with Gasteiger partial charge in [-0.05, 0) is 30.7 Å². The first-order valence-corrected chi connectivity index (χ1v) is 5.61. The van der Waals surface area contributed by atoms with Gasteiger partial charge in [0.1, 0.15) is 0 Å². The lowest BCUT2D eigenvalue weighted by Crippen LogP contribution is -2.36. The molecule has 5 nitrogen and oxygen atoms in total. The van der Waals surface area contributed by atoms with E-state index in [0.717, 1.165) is 16.9 Å². The molecule has 6 heteroatoms. The van der Waals surface area contributed by atoms with E-state index in [2.05, 4.69) is 28.3 Å². The predicted octanol–water partition coefficient (Wildman–Crippen LogP) is 1.85. The molecule has 0 amide bonds. The van der Waals surface area contributed by atoms with Gasteiger partial charge in [0.05, 0.1) is 23.1 Å². The van der Waals surface area contributed by atoms with Crippen LogP contribution in [0.4, 0.5) is 5.69 Å². The van der Waals surface area contributed by atoms with E-state index < -0.39 is 6.29 Å². The van der Waals surface area contributed by atoms with Gasteiger partial charge in [0.25, 0.3) is 0 Å². The fourth-order valence-corrected chi connectivity index (χ4v) is 1.47. The molecule has 4 N–H and O–H groups in total. The van der Waals surface area contributed by atoms with E-state index in [0.29, 0.717) is 11.4 Å². The summed E-state index contributed by atoms with van der Waals surface area (Å²) in [5.74, 6) is 0.498. The Balaban J connectivity index is 2.68. The fraction of sp³-hybridized carbons (Fsp3) is 0.167. The third-order valence-electron chi connectivity index (χ3n) is 2.18. The molecule has 0 heterocycles. The molecule has 94 valence electrons. The average molecular weight is 264 g/mol. The molecule has 1 atom stereocenters. The van der Waals surface area contributed by atoms with Crippen LogP contribution in [0.2, 0.25) is 0 Å². The first-order valence-electron chi connectivity index (χ1n) is 5.17. The van der Waals surface area contributed by atoms with Crippen LogP contribution in [-0.2, 0) is 0 Å². The summed E-state index contributed by atoms with van der Waals surface area (Å²) in [7, 11) is 0. The van der Waals surface area contributed by atoms with E-state index in [1.165, 1.54) is 0 Å². The Hall–Kier alpha value is -2.03. The number of rotatable bonds is 5. The Morgan fingerprint density at radius 3 is 2.94 bits per heavy atom. The molecular weight excluding hydrogens is 250 g/mol. The number of nitrogens with two attached hydrogens (primary N) is 1. The lowest BCUT2D eigenvalue weighted by molar-refractivity contribution is 0.623. The van der Waals surface area contributed by atoms with Crippen LogP contribution in [0.3, 0.4) is 0 Å². The number of nitriles is 1. The van der Waals surface area contributed by atoms with Gasteiger partial charge in [-0.1, -0.05) is 18.2 Å². The molecule has 0 aliphatic heterocycles. The van der Waals surface area contributed by atoms with Crippen molar-refractivity contribution >= 4 is 23.0 Å². The molecule has 1 rings (SSSR count). The highest BCUT2D eigenvalue weighted by atomic mass is 35.5. The van der Waals surface area contributed by atoms with E-state index in [-0.39, 0.29) is 0 Å². The number of aryl methyl sites for hydroxylation is 1. The maximum atomic E-state index is 8.77. The van der Waals surface area contributed by atoms with Crippen LogP contribution in [0.15, 0.2) is 35.6 Å². The van der Waals surface area contributed by atoms with Crippen molar-refractivity contribution < 1.29 is 0 Å². The number of nitrogens with one attached hydrogen (secondary N) is 2. The predicted molar refractivity (Wildman–Crippen MR) is 74.1 cm³/mol. The van der Waals surface area contributed by atoms with Crippen LogP contribution in [0.5, 0.6) is 0 Å². The monoisotopic (exact) mass is 263 g/mol. The van der Waals surface area contributed by atoms with Gasteiger partial charge in [0, 0.05) is 5.69 Å². The minimum absolute atomic E-state index is 0.498. The molecule has 1 unspecified atom stereocenters. The Labute approximate surface area is 111 Å². The maximum Gasteiger partial charge on any atom is 0.173 e. The highest BCUT2D eigenvalue weighted by Crippen LogP contribution is 2.17. The Morgan fingerprint density at radius 2 is 2.39 bits per heavy atom. The van der Waals surface area contributed by atoms with Crippen molar-refractivity contribution in [3.05, 3.63) is 41.7 Å². The van der Waals surface area contributed by atoms with Gasteiger partial charge in [0.2, 0.25) is 0 Å². The average Bonchev–Trinajstić information content (AvgIpc) is 2.31. The van der Waals surface area contributed by atoms with Crippen LogP contribution in [-0.4, -0.2) is 12.0 Å². The number of hydrogen-bond donors (Lipinski definition) is 3. The molecule has 18 heavy (non-hydrogen) atoms. The Kier molecular flexibility index (Phi) is 5.18. The maximum absolute atomic E-state index is 8.77. The topological polar surface area (TPSA) is 86.2 Å². The number of halogens is 1. The molecule has 0 bridgehead atoms. The van der Waals surface area contributed by atoms with Crippen LogP contribution < -0.4 is 16.4 Å². The van der Waals surface area contributed by atoms with E-state index in [9.17, 15) is 0 Å². The molecule has 0 aliphatic rings. The van der Waals surface area contributed by atoms with Gasteiger partial charge in [-0.2, -0.15) is 5.26 Å². The minimum atomic E-state index is -0.652. The van der Waals surface area contributed by atoms with Gasteiger partial charge in [-0.15, -0.1) is 0 Å². The smallest absolute Gasteiger partial charge is 0.173 e. The van der Waals surface area contributed by atoms with Gasteiger partial charge >= 0.3 is 0 Å². The standard InChI is InChI=1S/C12H14ClN5/c1-8-5-10(6-14)3-4-11(8)17-9(2)18-12(15)16-7-13/h3-5,7,12,17-18H,2,15H2,1H3/b16-7+. The fourth-order valence-electron chi connectivity index (χ4n) is 1.35. The Bertz CT molecular complexity index is 504. The zero-order valence-corrected chi connectivity index (χ0v) is 10.7. The largest absolute Gasteiger partial charge is 0.342 e. The van der Waals surface area contributed by atoms with Crippen LogP contribution in [0.1, 0.15) is 11.1 Å². The SMILES string of the molecule is C=C(Nc1ccc(C#N)cc1C)NC(N)/N=C/Cl. The van der Waals surface area contributed by atoms with Crippen molar-refractivity contribution in [2.75, 3.05) is 5.32 Å². The lowest BCUT2D eigenvalue weighted by Gasteiger charge is -2.16. The minimum Gasteiger partial charge on any atom is -0.342 e. The third-order valence-corrected chi connectivity index (χ3v) is 2.29. The number of hydrogen-bond acceptors (Lipinski definition) is 5. The van der Waals surface area contributed by atoms with Crippen molar-refractivity contribution in [2.45, 2.75) is 13.2 Å². The molecule has 0 radical (unpaired) electrons. The van der Waals surface area contributed by atoms with Crippen LogP contribution >= 0.6 is 11.6 Å². The summed E-state index contributed by atoms with van der Waals surface area (Å²) >= 11 is 5.31. The second kappa shape index (κ2) is 6.64. The van der Waals surface area contributed by atoms with Gasteiger partial charge in [-0.25, -0.2) is 4.99 Å².